The topological polar surface area (TPSA) is 55.8 Å². The van der Waals surface area contributed by atoms with Crippen LogP contribution in [0.15, 0.2) is 47.4 Å². The highest BCUT2D eigenvalue weighted by molar-refractivity contribution is 7.98. The van der Waals surface area contributed by atoms with Gasteiger partial charge in [-0.3, -0.25) is 9.59 Å². The van der Waals surface area contributed by atoms with Gasteiger partial charge in [0.2, 0.25) is 0 Å². The minimum atomic E-state index is -0.512. The Labute approximate surface area is 168 Å². The van der Waals surface area contributed by atoms with Crippen LogP contribution in [0.1, 0.15) is 11.1 Å². The maximum absolute atomic E-state index is 12.2. The van der Waals surface area contributed by atoms with Gasteiger partial charge in [0.1, 0.15) is 5.75 Å². The number of halogens is 1. The molecule has 2 aromatic carbocycles. The van der Waals surface area contributed by atoms with Gasteiger partial charge in [-0.05, 0) is 42.2 Å². The van der Waals surface area contributed by atoms with Gasteiger partial charge in [-0.1, -0.05) is 23.7 Å². The molecule has 0 heterocycles. The maximum atomic E-state index is 12.2. The van der Waals surface area contributed by atoms with E-state index in [1.54, 1.807) is 37.0 Å². The number of thioether (sulfide) groups is 1. The predicted molar refractivity (Wildman–Crippen MR) is 107 cm³/mol. The van der Waals surface area contributed by atoms with E-state index in [2.05, 4.69) is 0 Å². The summed E-state index contributed by atoms with van der Waals surface area (Å²) < 4.78 is 10.3. The Hall–Kier alpha value is -2.18. The van der Waals surface area contributed by atoms with E-state index < -0.39 is 5.97 Å². The first-order chi connectivity index (χ1) is 12.9. The lowest BCUT2D eigenvalue weighted by Crippen LogP contribution is -2.31. The molecule has 2 rings (SSSR count). The summed E-state index contributed by atoms with van der Waals surface area (Å²) in [5.74, 6) is -0.231. The summed E-state index contributed by atoms with van der Waals surface area (Å²) in [6, 6.07) is 13.0. The monoisotopic (exact) mass is 407 g/mol. The third-order valence-electron chi connectivity index (χ3n) is 3.94. The molecule has 0 aliphatic heterocycles. The first-order valence-corrected chi connectivity index (χ1v) is 9.88. The molecule has 0 atom stereocenters. The third kappa shape index (κ3) is 6.48. The number of carbonyl (C=O) groups excluding carboxylic acids is 2. The molecular weight excluding hydrogens is 386 g/mol. The molecule has 5 nitrogen and oxygen atoms in total. The van der Waals surface area contributed by atoms with E-state index in [4.69, 9.17) is 21.1 Å². The van der Waals surface area contributed by atoms with E-state index in [0.717, 1.165) is 10.5 Å². The van der Waals surface area contributed by atoms with Crippen LogP contribution in [0, 0.1) is 0 Å². The molecule has 0 saturated heterocycles. The number of likely N-dealkylation sites (N-methyl/N-ethyl adjacent to an activating group) is 1. The Morgan fingerprint density at radius 2 is 1.85 bits per heavy atom. The van der Waals surface area contributed by atoms with Gasteiger partial charge in [-0.2, -0.15) is 0 Å². The van der Waals surface area contributed by atoms with Crippen molar-refractivity contribution in [2.75, 3.05) is 27.0 Å². The highest BCUT2D eigenvalue weighted by Crippen LogP contribution is 2.23. The van der Waals surface area contributed by atoms with Crippen molar-refractivity contribution < 1.29 is 19.1 Å². The number of hydrogen-bond donors (Lipinski definition) is 0. The van der Waals surface area contributed by atoms with Crippen LogP contribution in [0.4, 0.5) is 0 Å². The van der Waals surface area contributed by atoms with Crippen molar-refractivity contribution in [2.45, 2.75) is 17.9 Å². The molecule has 144 valence electrons. The van der Waals surface area contributed by atoms with Crippen molar-refractivity contribution in [3.05, 3.63) is 58.6 Å². The number of benzene rings is 2. The SMILES string of the molecule is COc1ccc(Cl)cc1CC(=O)OCC(=O)N(C)Cc1ccc(SC)cc1. The minimum absolute atomic E-state index is 0.0170. The van der Waals surface area contributed by atoms with Crippen LogP contribution in [0.3, 0.4) is 0 Å². The van der Waals surface area contributed by atoms with Crippen LogP contribution in [0.2, 0.25) is 5.02 Å². The van der Waals surface area contributed by atoms with Crippen LogP contribution in [-0.4, -0.2) is 43.8 Å². The second kappa shape index (κ2) is 10.2. The Morgan fingerprint density at radius 3 is 2.48 bits per heavy atom. The van der Waals surface area contributed by atoms with Gasteiger partial charge in [0.05, 0.1) is 13.5 Å². The predicted octanol–water partition coefficient (Wildman–Crippen LogP) is 3.81. The summed E-state index contributed by atoms with van der Waals surface area (Å²) in [4.78, 5) is 27.0. The normalized spacial score (nSPS) is 10.4. The van der Waals surface area contributed by atoms with Crippen molar-refractivity contribution in [1.29, 1.82) is 0 Å². The Bertz CT molecular complexity index is 795. The molecule has 0 unspecified atom stereocenters. The van der Waals surface area contributed by atoms with Gasteiger partial charge < -0.3 is 14.4 Å². The number of carbonyl (C=O) groups is 2. The van der Waals surface area contributed by atoms with Gasteiger partial charge in [0, 0.05) is 29.1 Å². The number of hydrogen-bond acceptors (Lipinski definition) is 5. The number of rotatable bonds is 8. The van der Waals surface area contributed by atoms with Crippen LogP contribution < -0.4 is 4.74 Å². The van der Waals surface area contributed by atoms with Crippen molar-refractivity contribution in [2.24, 2.45) is 0 Å². The molecule has 0 N–H and O–H groups in total. The zero-order chi connectivity index (χ0) is 19.8. The zero-order valence-electron chi connectivity index (χ0n) is 15.5. The molecule has 7 heteroatoms. The summed E-state index contributed by atoms with van der Waals surface area (Å²) in [6.07, 6.45) is 1.99. The molecule has 0 radical (unpaired) electrons. The number of amides is 1. The lowest BCUT2D eigenvalue weighted by molar-refractivity contribution is -0.151. The van der Waals surface area contributed by atoms with E-state index in [1.807, 2.05) is 30.5 Å². The molecule has 0 spiro atoms. The molecule has 0 saturated carbocycles. The van der Waals surface area contributed by atoms with Crippen LogP contribution in [-0.2, 0) is 27.3 Å². The second-order valence-electron chi connectivity index (χ2n) is 5.89. The molecule has 27 heavy (non-hydrogen) atoms. The van der Waals surface area contributed by atoms with Crippen molar-refractivity contribution in [1.82, 2.24) is 4.90 Å². The van der Waals surface area contributed by atoms with E-state index >= 15 is 0 Å². The zero-order valence-corrected chi connectivity index (χ0v) is 17.1. The largest absolute Gasteiger partial charge is 0.496 e. The van der Waals surface area contributed by atoms with Crippen LogP contribution in [0.25, 0.3) is 0 Å². The highest BCUT2D eigenvalue weighted by Gasteiger charge is 2.15. The molecule has 1 amide bonds. The summed E-state index contributed by atoms with van der Waals surface area (Å²) in [6.45, 7) is 0.147. The van der Waals surface area contributed by atoms with E-state index in [-0.39, 0.29) is 18.9 Å². The van der Waals surface area contributed by atoms with E-state index in [1.165, 1.54) is 12.0 Å². The van der Waals surface area contributed by atoms with Gasteiger partial charge in [0.25, 0.3) is 5.91 Å². The van der Waals surface area contributed by atoms with E-state index in [9.17, 15) is 9.59 Å². The van der Waals surface area contributed by atoms with Crippen LogP contribution in [0.5, 0.6) is 5.75 Å². The number of esters is 1. The van der Waals surface area contributed by atoms with Gasteiger partial charge in [0.15, 0.2) is 6.61 Å². The lowest BCUT2D eigenvalue weighted by Gasteiger charge is -2.17. The fraction of sp³-hybridized carbons (Fsp3) is 0.300. The first kappa shape index (κ1) is 21.1. The average molecular weight is 408 g/mol. The third-order valence-corrected chi connectivity index (χ3v) is 4.92. The Kier molecular flexibility index (Phi) is 8.00. The standard InChI is InChI=1S/C20H22ClNO4S/c1-22(12-14-4-7-17(27-3)8-5-14)19(23)13-26-20(24)11-15-10-16(21)6-9-18(15)25-2/h4-10H,11-13H2,1-3H3. The Morgan fingerprint density at radius 1 is 1.15 bits per heavy atom. The maximum Gasteiger partial charge on any atom is 0.310 e. The quantitative estimate of drug-likeness (QED) is 0.492. The molecule has 0 aromatic heterocycles. The fourth-order valence-electron chi connectivity index (χ4n) is 2.44. The van der Waals surface area contributed by atoms with Gasteiger partial charge in [-0.15, -0.1) is 11.8 Å². The second-order valence-corrected chi connectivity index (χ2v) is 7.21. The summed E-state index contributed by atoms with van der Waals surface area (Å²) in [5, 5.41) is 0.502. The lowest BCUT2D eigenvalue weighted by atomic mass is 10.1. The first-order valence-electron chi connectivity index (χ1n) is 8.28. The summed E-state index contributed by atoms with van der Waals surface area (Å²) in [7, 11) is 3.20. The molecule has 0 aliphatic carbocycles. The highest BCUT2D eigenvalue weighted by atomic mass is 35.5. The van der Waals surface area contributed by atoms with Crippen molar-refractivity contribution >= 4 is 35.2 Å². The molecule has 2 aromatic rings. The average Bonchev–Trinajstić information content (AvgIpc) is 2.66. The molecule has 0 bridgehead atoms. The van der Waals surface area contributed by atoms with Gasteiger partial charge >= 0.3 is 5.97 Å². The van der Waals surface area contributed by atoms with Gasteiger partial charge in [-0.25, -0.2) is 0 Å². The number of methoxy groups -OCH3 is 1. The molecule has 0 fully saturated rings. The molecule has 0 aliphatic rings. The number of nitrogens with zero attached hydrogens (tertiary/aromatic N) is 1. The molecular formula is C20H22ClNO4S. The summed E-state index contributed by atoms with van der Waals surface area (Å²) >= 11 is 7.62. The van der Waals surface area contributed by atoms with Crippen LogP contribution >= 0.6 is 23.4 Å². The van der Waals surface area contributed by atoms with Crippen molar-refractivity contribution in [3.63, 3.8) is 0 Å². The fourth-order valence-corrected chi connectivity index (χ4v) is 3.04. The smallest absolute Gasteiger partial charge is 0.310 e. The minimum Gasteiger partial charge on any atom is -0.496 e. The number of ether oxygens (including phenoxy) is 2. The Balaban J connectivity index is 1.85. The van der Waals surface area contributed by atoms with E-state index in [0.29, 0.717) is 22.9 Å². The summed E-state index contributed by atoms with van der Waals surface area (Å²) in [5.41, 5.74) is 1.63. The van der Waals surface area contributed by atoms with Crippen molar-refractivity contribution in [3.8, 4) is 5.75 Å².